The lowest BCUT2D eigenvalue weighted by molar-refractivity contribution is 0.559. The van der Waals surface area contributed by atoms with Crippen LogP contribution in [-0.4, -0.2) is 4.98 Å². The summed E-state index contributed by atoms with van der Waals surface area (Å²) in [4.78, 5) is 4.17. The maximum Gasteiger partial charge on any atom is 0.0300 e. The first-order valence-electron chi connectivity index (χ1n) is 5.63. The van der Waals surface area contributed by atoms with Gasteiger partial charge in [0.1, 0.15) is 0 Å². The van der Waals surface area contributed by atoms with Crippen molar-refractivity contribution in [3.8, 4) is 0 Å². The van der Waals surface area contributed by atoms with Crippen molar-refractivity contribution in [3.05, 3.63) is 29.6 Å². The van der Waals surface area contributed by atoms with Crippen LogP contribution in [0.3, 0.4) is 0 Å². The molecule has 1 heteroatoms. The van der Waals surface area contributed by atoms with E-state index in [1.54, 1.807) is 0 Å². The predicted molar refractivity (Wildman–Crippen MR) is 63.5 cm³/mol. The SMILES string of the molecule is CC.CCC(C)Cc1cncc(C)c1. The third-order valence-electron chi connectivity index (χ3n) is 2.21. The first-order chi connectivity index (χ1) is 6.72. The Labute approximate surface area is 88.6 Å². The summed E-state index contributed by atoms with van der Waals surface area (Å²) in [5.74, 6) is 0.772. The minimum Gasteiger partial charge on any atom is -0.264 e. The second-order valence-electron chi connectivity index (χ2n) is 3.59. The van der Waals surface area contributed by atoms with Gasteiger partial charge in [-0.1, -0.05) is 40.2 Å². The molecule has 0 aliphatic rings. The molecule has 80 valence electrons. The Kier molecular flexibility index (Phi) is 7.09. The molecule has 0 aromatic carbocycles. The molecular weight excluding hydrogens is 170 g/mol. The number of hydrogen-bond donors (Lipinski definition) is 0. The Morgan fingerprint density at radius 2 is 1.93 bits per heavy atom. The van der Waals surface area contributed by atoms with Gasteiger partial charge in [0.05, 0.1) is 0 Å². The summed E-state index contributed by atoms with van der Waals surface area (Å²) in [6, 6.07) is 2.22. The highest BCUT2D eigenvalue weighted by Crippen LogP contribution is 2.11. The number of hydrogen-bond acceptors (Lipinski definition) is 1. The van der Waals surface area contributed by atoms with Crippen molar-refractivity contribution in [1.29, 1.82) is 0 Å². The van der Waals surface area contributed by atoms with Gasteiger partial charge < -0.3 is 0 Å². The highest BCUT2D eigenvalue weighted by Gasteiger charge is 2.00. The lowest BCUT2D eigenvalue weighted by Crippen LogP contribution is -1.98. The molecule has 14 heavy (non-hydrogen) atoms. The Morgan fingerprint density at radius 3 is 2.43 bits per heavy atom. The highest BCUT2D eigenvalue weighted by molar-refractivity contribution is 5.16. The molecule has 0 amide bonds. The number of aryl methyl sites for hydroxylation is 1. The molecule has 0 N–H and O–H groups in total. The zero-order chi connectivity index (χ0) is 11.0. The monoisotopic (exact) mass is 193 g/mol. The van der Waals surface area contributed by atoms with Crippen molar-refractivity contribution in [2.24, 2.45) is 5.92 Å². The van der Waals surface area contributed by atoms with Crippen LogP contribution >= 0.6 is 0 Å². The lowest BCUT2D eigenvalue weighted by atomic mass is 10.00. The Hall–Kier alpha value is -0.850. The molecule has 0 fully saturated rings. The van der Waals surface area contributed by atoms with E-state index in [1.807, 2.05) is 26.2 Å². The normalized spacial score (nSPS) is 11.5. The standard InChI is InChI=1S/C11H17N.C2H6/c1-4-9(2)5-11-6-10(3)7-12-8-11;1-2/h6-9H,4-5H2,1-3H3;1-2H3. The van der Waals surface area contributed by atoms with E-state index in [1.165, 1.54) is 17.5 Å². The van der Waals surface area contributed by atoms with E-state index in [9.17, 15) is 0 Å². The molecule has 0 saturated heterocycles. The maximum absolute atomic E-state index is 4.17. The molecule has 1 unspecified atom stereocenters. The average molecular weight is 193 g/mol. The summed E-state index contributed by atoms with van der Waals surface area (Å²) in [6.45, 7) is 10.6. The van der Waals surface area contributed by atoms with E-state index in [0.717, 1.165) is 12.3 Å². The van der Waals surface area contributed by atoms with E-state index >= 15 is 0 Å². The molecule has 1 heterocycles. The molecule has 0 aliphatic carbocycles. The maximum atomic E-state index is 4.17. The number of pyridine rings is 1. The molecule has 1 rings (SSSR count). The predicted octanol–water partition coefficient (Wildman–Crippen LogP) is 4.00. The Bertz CT molecular complexity index is 243. The largest absolute Gasteiger partial charge is 0.264 e. The molecule has 0 saturated carbocycles. The van der Waals surface area contributed by atoms with Crippen molar-refractivity contribution in [2.45, 2.75) is 47.5 Å². The van der Waals surface area contributed by atoms with Gasteiger partial charge in [-0.2, -0.15) is 0 Å². The van der Waals surface area contributed by atoms with Crippen LogP contribution in [0.5, 0.6) is 0 Å². The van der Waals surface area contributed by atoms with Gasteiger partial charge in [0.2, 0.25) is 0 Å². The van der Waals surface area contributed by atoms with Gasteiger partial charge in [-0.15, -0.1) is 0 Å². The van der Waals surface area contributed by atoms with Gasteiger partial charge in [0.25, 0.3) is 0 Å². The smallest absolute Gasteiger partial charge is 0.0300 e. The fourth-order valence-electron chi connectivity index (χ4n) is 1.28. The van der Waals surface area contributed by atoms with Gasteiger partial charge in [-0.05, 0) is 30.4 Å². The first-order valence-corrected chi connectivity index (χ1v) is 5.63. The van der Waals surface area contributed by atoms with Crippen LogP contribution in [0.25, 0.3) is 0 Å². The molecular formula is C13H23N. The summed E-state index contributed by atoms with van der Waals surface area (Å²) in [6.07, 6.45) is 6.28. The van der Waals surface area contributed by atoms with Crippen molar-refractivity contribution < 1.29 is 0 Å². The summed E-state index contributed by atoms with van der Waals surface area (Å²) >= 11 is 0. The first kappa shape index (κ1) is 13.2. The van der Waals surface area contributed by atoms with Crippen LogP contribution in [-0.2, 0) is 6.42 Å². The third-order valence-corrected chi connectivity index (χ3v) is 2.21. The van der Waals surface area contributed by atoms with Gasteiger partial charge in [-0.3, -0.25) is 4.98 Å². The summed E-state index contributed by atoms with van der Waals surface area (Å²) in [7, 11) is 0. The molecule has 0 radical (unpaired) electrons. The quantitative estimate of drug-likeness (QED) is 0.707. The fraction of sp³-hybridized carbons (Fsp3) is 0.615. The van der Waals surface area contributed by atoms with E-state index < -0.39 is 0 Å². The number of nitrogens with zero attached hydrogens (tertiary/aromatic N) is 1. The molecule has 0 aliphatic heterocycles. The highest BCUT2D eigenvalue weighted by atomic mass is 14.6. The molecule has 1 aromatic heterocycles. The second kappa shape index (κ2) is 7.54. The minimum atomic E-state index is 0.772. The summed E-state index contributed by atoms with van der Waals surface area (Å²) in [5.41, 5.74) is 2.63. The van der Waals surface area contributed by atoms with Gasteiger partial charge in [0.15, 0.2) is 0 Å². The van der Waals surface area contributed by atoms with Crippen LogP contribution in [0.1, 0.15) is 45.2 Å². The van der Waals surface area contributed by atoms with E-state index in [2.05, 4.69) is 31.8 Å². The van der Waals surface area contributed by atoms with Crippen molar-refractivity contribution >= 4 is 0 Å². The fourth-order valence-corrected chi connectivity index (χ4v) is 1.28. The molecule has 1 nitrogen and oxygen atoms in total. The average Bonchev–Trinajstić information content (AvgIpc) is 2.21. The van der Waals surface area contributed by atoms with E-state index in [4.69, 9.17) is 0 Å². The Balaban J connectivity index is 0.000000791. The molecule has 0 spiro atoms. The lowest BCUT2D eigenvalue weighted by Gasteiger charge is -2.07. The third kappa shape index (κ3) is 5.00. The topological polar surface area (TPSA) is 12.9 Å². The summed E-state index contributed by atoms with van der Waals surface area (Å²) < 4.78 is 0. The van der Waals surface area contributed by atoms with Crippen LogP contribution in [0, 0.1) is 12.8 Å². The minimum absolute atomic E-state index is 0.772. The van der Waals surface area contributed by atoms with E-state index in [0.29, 0.717) is 0 Å². The Morgan fingerprint density at radius 1 is 1.29 bits per heavy atom. The zero-order valence-corrected chi connectivity index (χ0v) is 10.2. The summed E-state index contributed by atoms with van der Waals surface area (Å²) in [5, 5.41) is 0. The van der Waals surface area contributed by atoms with Crippen LogP contribution in [0.2, 0.25) is 0 Å². The van der Waals surface area contributed by atoms with Gasteiger partial charge in [0, 0.05) is 12.4 Å². The zero-order valence-electron chi connectivity index (χ0n) is 10.2. The van der Waals surface area contributed by atoms with E-state index in [-0.39, 0.29) is 0 Å². The van der Waals surface area contributed by atoms with Gasteiger partial charge >= 0.3 is 0 Å². The molecule has 1 atom stereocenters. The van der Waals surface area contributed by atoms with Crippen molar-refractivity contribution in [3.63, 3.8) is 0 Å². The van der Waals surface area contributed by atoms with Crippen LogP contribution in [0.15, 0.2) is 18.5 Å². The number of aromatic nitrogens is 1. The van der Waals surface area contributed by atoms with Crippen LogP contribution < -0.4 is 0 Å². The van der Waals surface area contributed by atoms with Crippen LogP contribution in [0.4, 0.5) is 0 Å². The molecule has 0 bridgehead atoms. The number of rotatable bonds is 3. The molecule has 1 aromatic rings. The second-order valence-corrected chi connectivity index (χ2v) is 3.59. The van der Waals surface area contributed by atoms with Crippen molar-refractivity contribution in [1.82, 2.24) is 4.98 Å². The van der Waals surface area contributed by atoms with Gasteiger partial charge in [-0.25, -0.2) is 0 Å². The van der Waals surface area contributed by atoms with Crippen molar-refractivity contribution in [2.75, 3.05) is 0 Å².